The largest absolute Gasteiger partial charge is 0.322 e. The van der Waals surface area contributed by atoms with E-state index in [0.29, 0.717) is 5.56 Å². The molecule has 4 rings (SSSR count). The number of carbonyl (C=O) groups excluding carboxylic acids is 1. The minimum atomic E-state index is -0.0982. The van der Waals surface area contributed by atoms with Gasteiger partial charge >= 0.3 is 0 Å². The van der Waals surface area contributed by atoms with Crippen LogP contribution in [0, 0.1) is 20.8 Å². The molecule has 134 valence electrons. The summed E-state index contributed by atoms with van der Waals surface area (Å²) in [6.45, 7) is 5.99. The molecule has 0 aliphatic rings. The first-order valence-electron chi connectivity index (χ1n) is 8.94. The van der Waals surface area contributed by atoms with Crippen LogP contribution in [0.4, 0.5) is 5.69 Å². The average molecular weight is 355 g/mol. The Morgan fingerprint density at radius 1 is 0.963 bits per heavy atom. The highest BCUT2D eigenvalue weighted by molar-refractivity contribution is 6.05. The molecule has 0 aliphatic carbocycles. The summed E-state index contributed by atoms with van der Waals surface area (Å²) in [7, 11) is 0. The number of hydrogen-bond donors (Lipinski definition) is 1. The summed E-state index contributed by atoms with van der Waals surface area (Å²) in [5.41, 5.74) is 7.40. The molecule has 0 saturated carbocycles. The van der Waals surface area contributed by atoms with Gasteiger partial charge in [0.25, 0.3) is 5.91 Å². The zero-order valence-electron chi connectivity index (χ0n) is 15.7. The number of amides is 1. The molecule has 2 heterocycles. The Kier molecular flexibility index (Phi) is 4.24. The fourth-order valence-electron chi connectivity index (χ4n) is 3.16. The predicted octanol–water partition coefficient (Wildman–Crippen LogP) is 5.18. The van der Waals surface area contributed by atoms with Crippen molar-refractivity contribution in [2.24, 2.45) is 0 Å². The van der Waals surface area contributed by atoms with Crippen molar-refractivity contribution < 1.29 is 4.79 Å². The number of rotatable bonds is 3. The van der Waals surface area contributed by atoms with Gasteiger partial charge in [0.1, 0.15) is 5.65 Å². The van der Waals surface area contributed by atoms with Crippen molar-refractivity contribution in [1.29, 1.82) is 0 Å². The molecule has 1 amide bonds. The van der Waals surface area contributed by atoms with Crippen molar-refractivity contribution in [2.45, 2.75) is 20.8 Å². The molecule has 0 radical (unpaired) electrons. The first-order valence-corrected chi connectivity index (χ1v) is 8.94. The van der Waals surface area contributed by atoms with Crippen molar-refractivity contribution >= 4 is 17.2 Å². The van der Waals surface area contributed by atoms with Gasteiger partial charge in [0.05, 0.1) is 5.69 Å². The summed E-state index contributed by atoms with van der Waals surface area (Å²) in [4.78, 5) is 17.4. The van der Waals surface area contributed by atoms with E-state index in [0.717, 1.165) is 33.7 Å². The Morgan fingerprint density at radius 2 is 1.78 bits per heavy atom. The van der Waals surface area contributed by atoms with Crippen molar-refractivity contribution in [1.82, 2.24) is 9.38 Å². The second-order valence-corrected chi connectivity index (χ2v) is 6.89. The quantitative estimate of drug-likeness (QED) is 0.550. The Balaban J connectivity index is 1.68. The molecule has 4 nitrogen and oxygen atoms in total. The van der Waals surface area contributed by atoms with Crippen LogP contribution in [0.15, 0.2) is 67.0 Å². The second-order valence-electron chi connectivity index (χ2n) is 6.89. The van der Waals surface area contributed by atoms with Gasteiger partial charge in [-0.05, 0) is 61.7 Å². The summed E-state index contributed by atoms with van der Waals surface area (Å²) >= 11 is 0. The first-order chi connectivity index (χ1) is 13.0. The topological polar surface area (TPSA) is 46.4 Å². The standard InChI is InChI=1S/C23H21N3O/c1-15-10-11-26-14-21(24-22(26)12-15)18-9-8-17(3)20(13-18)25-23(27)19-7-5-4-6-16(19)2/h4-14H,1-3H3,(H,25,27). The minimum absolute atomic E-state index is 0.0982. The Morgan fingerprint density at radius 3 is 2.59 bits per heavy atom. The third kappa shape index (κ3) is 3.34. The number of anilines is 1. The van der Waals surface area contributed by atoms with Gasteiger partial charge in [-0.2, -0.15) is 0 Å². The summed E-state index contributed by atoms with van der Waals surface area (Å²) < 4.78 is 2.01. The molecule has 2 aromatic heterocycles. The van der Waals surface area contributed by atoms with Crippen LogP contribution in [-0.4, -0.2) is 15.3 Å². The van der Waals surface area contributed by atoms with Gasteiger partial charge < -0.3 is 9.72 Å². The van der Waals surface area contributed by atoms with Crippen LogP contribution in [-0.2, 0) is 0 Å². The van der Waals surface area contributed by atoms with E-state index in [1.165, 1.54) is 5.56 Å². The molecule has 1 N–H and O–H groups in total. The first kappa shape index (κ1) is 17.0. The van der Waals surface area contributed by atoms with Crippen LogP contribution < -0.4 is 5.32 Å². The summed E-state index contributed by atoms with van der Waals surface area (Å²) in [6.07, 6.45) is 4.02. The number of aromatic nitrogens is 2. The zero-order valence-corrected chi connectivity index (χ0v) is 15.7. The molecule has 0 spiro atoms. The maximum atomic E-state index is 12.7. The number of pyridine rings is 1. The van der Waals surface area contributed by atoms with Crippen LogP contribution in [0.1, 0.15) is 27.0 Å². The molecule has 0 saturated heterocycles. The SMILES string of the molecule is Cc1ccn2cc(-c3ccc(C)c(NC(=O)c4ccccc4C)c3)nc2c1. The lowest BCUT2D eigenvalue weighted by molar-refractivity contribution is 0.102. The van der Waals surface area contributed by atoms with Gasteiger partial charge in [-0.25, -0.2) is 4.98 Å². The van der Waals surface area contributed by atoms with Gasteiger partial charge in [0.15, 0.2) is 0 Å². The smallest absolute Gasteiger partial charge is 0.255 e. The Labute approximate surface area is 158 Å². The molecule has 2 aromatic carbocycles. The van der Waals surface area contributed by atoms with Gasteiger partial charge in [-0.3, -0.25) is 4.79 Å². The maximum absolute atomic E-state index is 12.7. The monoisotopic (exact) mass is 355 g/mol. The number of hydrogen-bond acceptors (Lipinski definition) is 2. The minimum Gasteiger partial charge on any atom is -0.322 e. The number of aryl methyl sites for hydroxylation is 3. The number of imidazole rings is 1. The molecule has 0 aliphatic heterocycles. The number of carbonyl (C=O) groups is 1. The Hall–Kier alpha value is -3.40. The third-order valence-electron chi connectivity index (χ3n) is 4.79. The molecule has 0 bridgehead atoms. The van der Waals surface area contributed by atoms with E-state index in [9.17, 15) is 4.79 Å². The fourth-order valence-corrected chi connectivity index (χ4v) is 3.16. The average Bonchev–Trinajstić information content (AvgIpc) is 3.07. The van der Waals surface area contributed by atoms with E-state index in [4.69, 9.17) is 4.98 Å². The van der Waals surface area contributed by atoms with E-state index in [2.05, 4.69) is 24.4 Å². The lowest BCUT2D eigenvalue weighted by Gasteiger charge is -2.11. The molecule has 0 unspecified atom stereocenters. The van der Waals surface area contributed by atoms with E-state index >= 15 is 0 Å². The Bertz CT molecular complexity index is 1160. The van der Waals surface area contributed by atoms with E-state index in [-0.39, 0.29) is 5.91 Å². The summed E-state index contributed by atoms with van der Waals surface area (Å²) in [6, 6.07) is 17.7. The number of nitrogens with one attached hydrogen (secondary N) is 1. The molecule has 0 atom stereocenters. The molecular formula is C23H21N3O. The van der Waals surface area contributed by atoms with Crippen LogP contribution in [0.5, 0.6) is 0 Å². The fraction of sp³-hybridized carbons (Fsp3) is 0.130. The lowest BCUT2D eigenvalue weighted by Crippen LogP contribution is -2.14. The van der Waals surface area contributed by atoms with Crippen molar-refractivity contribution in [2.75, 3.05) is 5.32 Å². The molecule has 27 heavy (non-hydrogen) atoms. The maximum Gasteiger partial charge on any atom is 0.255 e. The van der Waals surface area contributed by atoms with Crippen molar-refractivity contribution in [3.63, 3.8) is 0 Å². The van der Waals surface area contributed by atoms with Gasteiger partial charge in [-0.1, -0.05) is 30.3 Å². The van der Waals surface area contributed by atoms with Crippen LogP contribution in [0.25, 0.3) is 16.9 Å². The molecule has 4 aromatic rings. The number of fused-ring (bicyclic) bond motifs is 1. The predicted molar refractivity (Wildman–Crippen MR) is 109 cm³/mol. The highest BCUT2D eigenvalue weighted by Gasteiger charge is 2.12. The normalized spacial score (nSPS) is 10.9. The van der Waals surface area contributed by atoms with Crippen LogP contribution in [0.2, 0.25) is 0 Å². The molecule has 0 fully saturated rings. The number of benzene rings is 2. The van der Waals surface area contributed by atoms with Gasteiger partial charge in [-0.15, -0.1) is 0 Å². The van der Waals surface area contributed by atoms with Crippen LogP contribution in [0.3, 0.4) is 0 Å². The number of nitrogens with zero attached hydrogens (tertiary/aromatic N) is 2. The van der Waals surface area contributed by atoms with Gasteiger partial charge in [0.2, 0.25) is 0 Å². The van der Waals surface area contributed by atoms with Crippen molar-refractivity contribution in [3.8, 4) is 11.3 Å². The highest BCUT2D eigenvalue weighted by Crippen LogP contribution is 2.26. The molecular weight excluding hydrogens is 334 g/mol. The van der Waals surface area contributed by atoms with Crippen LogP contribution >= 0.6 is 0 Å². The summed E-state index contributed by atoms with van der Waals surface area (Å²) in [5, 5.41) is 3.05. The van der Waals surface area contributed by atoms with E-state index in [1.807, 2.05) is 73.1 Å². The van der Waals surface area contributed by atoms with Crippen molar-refractivity contribution in [3.05, 3.63) is 89.2 Å². The highest BCUT2D eigenvalue weighted by atomic mass is 16.1. The zero-order chi connectivity index (χ0) is 19.0. The van der Waals surface area contributed by atoms with E-state index < -0.39 is 0 Å². The summed E-state index contributed by atoms with van der Waals surface area (Å²) in [5.74, 6) is -0.0982. The second kappa shape index (κ2) is 6.72. The molecule has 4 heteroatoms. The third-order valence-corrected chi connectivity index (χ3v) is 4.79. The van der Waals surface area contributed by atoms with Gasteiger partial charge in [0, 0.05) is 29.2 Å². The van der Waals surface area contributed by atoms with E-state index in [1.54, 1.807) is 0 Å². The lowest BCUT2D eigenvalue weighted by atomic mass is 10.1.